The van der Waals surface area contributed by atoms with E-state index < -0.39 is 0 Å². The molecule has 5 nitrogen and oxygen atoms in total. The summed E-state index contributed by atoms with van der Waals surface area (Å²) in [6.07, 6.45) is 0. The molecule has 0 aromatic carbocycles. The topological polar surface area (TPSA) is 48.5 Å². The second-order valence-corrected chi connectivity index (χ2v) is 6.31. The highest BCUT2D eigenvalue weighted by atomic mass is 32.1. The average molecular weight is 296 g/mol. The Balaban J connectivity index is 2.03. The van der Waals surface area contributed by atoms with Crippen LogP contribution in [0.25, 0.3) is 0 Å². The molecule has 112 valence electrons. The van der Waals surface area contributed by atoms with Crippen molar-refractivity contribution < 1.29 is 4.79 Å². The Kier molecular flexibility index (Phi) is 5.12. The molecule has 2 unspecified atom stereocenters. The number of hydrogen-bond donors (Lipinski definition) is 1. The number of thiazole rings is 1. The van der Waals surface area contributed by atoms with Gasteiger partial charge in [-0.3, -0.25) is 14.6 Å². The van der Waals surface area contributed by atoms with Gasteiger partial charge in [-0.15, -0.1) is 11.3 Å². The minimum Gasteiger partial charge on any atom is -0.311 e. The molecule has 1 fully saturated rings. The molecule has 1 amide bonds. The van der Waals surface area contributed by atoms with E-state index in [1.807, 2.05) is 6.92 Å². The van der Waals surface area contributed by atoms with Crippen LogP contribution in [0.4, 0.5) is 5.13 Å². The van der Waals surface area contributed by atoms with Gasteiger partial charge in [0.1, 0.15) is 0 Å². The number of piperazine rings is 1. The molecule has 6 heteroatoms. The van der Waals surface area contributed by atoms with Gasteiger partial charge in [0, 0.05) is 50.6 Å². The van der Waals surface area contributed by atoms with E-state index in [0.717, 1.165) is 30.5 Å². The van der Waals surface area contributed by atoms with E-state index in [1.165, 1.54) is 0 Å². The van der Waals surface area contributed by atoms with Crippen LogP contribution in [0.1, 0.15) is 33.4 Å². The minimum atomic E-state index is 0.0533. The third-order valence-electron chi connectivity index (χ3n) is 3.73. The fraction of sp³-hybridized carbons (Fsp3) is 0.714. The van der Waals surface area contributed by atoms with Gasteiger partial charge in [0.15, 0.2) is 5.13 Å². The molecule has 0 saturated carbocycles. The highest BCUT2D eigenvalue weighted by Gasteiger charge is 2.23. The maximum atomic E-state index is 11.5. The van der Waals surface area contributed by atoms with Crippen molar-refractivity contribution in [2.75, 3.05) is 24.5 Å². The second-order valence-electron chi connectivity index (χ2n) is 5.47. The van der Waals surface area contributed by atoms with E-state index in [-0.39, 0.29) is 5.91 Å². The van der Waals surface area contributed by atoms with Crippen LogP contribution in [0.3, 0.4) is 0 Å². The van der Waals surface area contributed by atoms with Gasteiger partial charge >= 0.3 is 0 Å². The van der Waals surface area contributed by atoms with Gasteiger partial charge in [0.05, 0.1) is 5.69 Å². The maximum Gasteiger partial charge on any atom is 0.225 e. The van der Waals surface area contributed by atoms with Gasteiger partial charge < -0.3 is 5.32 Å². The third-order valence-corrected chi connectivity index (χ3v) is 4.64. The number of carbonyl (C=O) groups is 1. The van der Waals surface area contributed by atoms with E-state index in [2.05, 4.69) is 34.4 Å². The molecule has 2 atom stereocenters. The Morgan fingerprint density at radius 2 is 2.35 bits per heavy atom. The summed E-state index contributed by atoms with van der Waals surface area (Å²) in [6.45, 7) is 11.6. The largest absolute Gasteiger partial charge is 0.311 e. The van der Waals surface area contributed by atoms with Gasteiger partial charge in [0.2, 0.25) is 5.91 Å². The molecule has 1 saturated heterocycles. The number of nitrogens with one attached hydrogen (secondary N) is 1. The highest BCUT2D eigenvalue weighted by Crippen LogP contribution is 2.22. The molecule has 1 N–H and O–H groups in total. The Hall–Kier alpha value is -0.980. The third kappa shape index (κ3) is 3.56. The first kappa shape index (κ1) is 15.4. The summed E-state index contributed by atoms with van der Waals surface area (Å²) < 4.78 is 0. The SMILES string of the molecule is CCN(C(C)=O)c1nc(CN2CC(C)NCC2C)cs1. The monoisotopic (exact) mass is 296 g/mol. The Morgan fingerprint density at radius 1 is 1.60 bits per heavy atom. The lowest BCUT2D eigenvalue weighted by molar-refractivity contribution is -0.116. The molecule has 2 heterocycles. The number of nitrogens with zero attached hydrogens (tertiary/aromatic N) is 3. The minimum absolute atomic E-state index is 0.0533. The van der Waals surface area contributed by atoms with Crippen molar-refractivity contribution in [3.05, 3.63) is 11.1 Å². The summed E-state index contributed by atoms with van der Waals surface area (Å²) in [5.41, 5.74) is 1.06. The van der Waals surface area contributed by atoms with Crippen molar-refractivity contribution in [1.29, 1.82) is 0 Å². The van der Waals surface area contributed by atoms with Crippen LogP contribution in [0.5, 0.6) is 0 Å². The number of carbonyl (C=O) groups excluding carboxylic acids is 1. The lowest BCUT2D eigenvalue weighted by Gasteiger charge is -2.37. The van der Waals surface area contributed by atoms with Crippen LogP contribution in [-0.2, 0) is 11.3 Å². The molecule has 1 aromatic rings. The average Bonchev–Trinajstić information content (AvgIpc) is 2.82. The lowest BCUT2D eigenvalue weighted by atomic mass is 10.1. The van der Waals surface area contributed by atoms with Crippen LogP contribution < -0.4 is 10.2 Å². The molecule has 20 heavy (non-hydrogen) atoms. The van der Waals surface area contributed by atoms with Gasteiger partial charge in [-0.05, 0) is 20.8 Å². The number of rotatable bonds is 4. The van der Waals surface area contributed by atoms with Crippen molar-refractivity contribution in [2.45, 2.75) is 46.3 Å². The van der Waals surface area contributed by atoms with Crippen molar-refractivity contribution in [3.63, 3.8) is 0 Å². The summed E-state index contributed by atoms with van der Waals surface area (Å²) in [5.74, 6) is 0.0533. The van der Waals surface area contributed by atoms with Crippen LogP contribution >= 0.6 is 11.3 Å². The smallest absolute Gasteiger partial charge is 0.225 e. The van der Waals surface area contributed by atoms with Gasteiger partial charge in [-0.25, -0.2) is 4.98 Å². The van der Waals surface area contributed by atoms with E-state index >= 15 is 0 Å². The summed E-state index contributed by atoms with van der Waals surface area (Å²) in [6, 6.07) is 1.04. The molecular formula is C14H24N4OS. The standard InChI is InChI=1S/C14H24N4OS/c1-5-18(12(4)19)14-16-13(9-20-14)8-17-7-10(2)15-6-11(17)3/h9-11,15H,5-8H2,1-4H3. The maximum absolute atomic E-state index is 11.5. The zero-order valence-corrected chi connectivity index (χ0v) is 13.5. The molecule has 2 rings (SSSR count). The van der Waals surface area contributed by atoms with E-state index in [0.29, 0.717) is 18.6 Å². The van der Waals surface area contributed by atoms with Crippen molar-refractivity contribution >= 4 is 22.4 Å². The number of aromatic nitrogens is 1. The van der Waals surface area contributed by atoms with Gasteiger partial charge in [-0.1, -0.05) is 0 Å². The van der Waals surface area contributed by atoms with Crippen LogP contribution in [0.15, 0.2) is 5.38 Å². The number of amides is 1. The first-order valence-corrected chi connectivity index (χ1v) is 8.09. The molecule has 0 aliphatic carbocycles. The van der Waals surface area contributed by atoms with Crippen LogP contribution in [-0.4, -0.2) is 47.5 Å². The summed E-state index contributed by atoms with van der Waals surface area (Å²) in [5, 5.41) is 6.36. The predicted octanol–water partition coefficient (Wildman–Crippen LogP) is 1.70. The fourth-order valence-corrected chi connectivity index (χ4v) is 3.43. The highest BCUT2D eigenvalue weighted by molar-refractivity contribution is 7.14. The van der Waals surface area contributed by atoms with Crippen molar-refractivity contribution in [1.82, 2.24) is 15.2 Å². The predicted molar refractivity (Wildman–Crippen MR) is 83.2 cm³/mol. The molecular weight excluding hydrogens is 272 g/mol. The van der Waals surface area contributed by atoms with E-state index in [1.54, 1.807) is 23.2 Å². The zero-order valence-electron chi connectivity index (χ0n) is 12.7. The number of anilines is 1. The van der Waals surface area contributed by atoms with Crippen molar-refractivity contribution in [2.24, 2.45) is 0 Å². The molecule has 1 aromatic heterocycles. The fourth-order valence-electron chi connectivity index (χ4n) is 2.51. The van der Waals surface area contributed by atoms with Crippen LogP contribution in [0.2, 0.25) is 0 Å². The van der Waals surface area contributed by atoms with Crippen LogP contribution in [0, 0.1) is 0 Å². The molecule has 1 aliphatic rings. The number of hydrogen-bond acceptors (Lipinski definition) is 5. The molecule has 0 bridgehead atoms. The zero-order chi connectivity index (χ0) is 14.7. The second kappa shape index (κ2) is 6.65. The molecule has 0 radical (unpaired) electrons. The quantitative estimate of drug-likeness (QED) is 0.919. The molecule has 0 spiro atoms. The Bertz CT molecular complexity index is 462. The van der Waals surface area contributed by atoms with Gasteiger partial charge in [-0.2, -0.15) is 0 Å². The Morgan fingerprint density at radius 3 is 3.00 bits per heavy atom. The molecule has 1 aliphatic heterocycles. The van der Waals surface area contributed by atoms with Crippen molar-refractivity contribution in [3.8, 4) is 0 Å². The summed E-state index contributed by atoms with van der Waals surface area (Å²) in [4.78, 5) is 20.3. The first-order valence-electron chi connectivity index (χ1n) is 7.21. The normalized spacial score (nSPS) is 23.8. The summed E-state index contributed by atoms with van der Waals surface area (Å²) >= 11 is 1.55. The van der Waals surface area contributed by atoms with E-state index in [4.69, 9.17) is 0 Å². The first-order chi connectivity index (χ1) is 9.51. The summed E-state index contributed by atoms with van der Waals surface area (Å²) in [7, 11) is 0. The van der Waals surface area contributed by atoms with Gasteiger partial charge in [0.25, 0.3) is 0 Å². The Labute approximate surface area is 125 Å². The van der Waals surface area contributed by atoms with E-state index in [9.17, 15) is 4.79 Å². The lowest BCUT2D eigenvalue weighted by Crippen LogP contribution is -2.53.